The Labute approximate surface area is 143 Å². The Morgan fingerprint density at radius 2 is 1.96 bits per heavy atom. The lowest BCUT2D eigenvalue weighted by Crippen LogP contribution is -2.47. The van der Waals surface area contributed by atoms with Gasteiger partial charge in [0.25, 0.3) is 0 Å². The fraction of sp³-hybridized carbons (Fsp3) is 0.611. The summed E-state index contributed by atoms with van der Waals surface area (Å²) in [6.45, 7) is 8.14. The molecule has 0 spiro atoms. The lowest BCUT2D eigenvalue weighted by atomic mass is 9.74. The highest BCUT2D eigenvalue weighted by Crippen LogP contribution is 2.34. The monoisotopic (exact) mass is 338 g/mol. The summed E-state index contributed by atoms with van der Waals surface area (Å²) in [6, 6.07) is 7.95. The normalized spacial score (nSPS) is 17.6. The van der Waals surface area contributed by atoms with E-state index in [-0.39, 0.29) is 11.5 Å². The summed E-state index contributed by atoms with van der Waals surface area (Å²) in [6.07, 6.45) is 2.53. The van der Waals surface area contributed by atoms with Crippen LogP contribution in [0.1, 0.15) is 39.2 Å². The smallest absolute Gasteiger partial charge is 0.407 e. The number of hydrogen-bond donors (Lipinski definition) is 2. The topological polar surface area (TPSA) is 50.4 Å². The predicted molar refractivity (Wildman–Crippen MR) is 93.9 cm³/mol. The second-order valence-electron chi connectivity index (χ2n) is 7.37. The molecule has 2 N–H and O–H groups in total. The number of carbonyl (C=O) groups is 1. The maximum Gasteiger partial charge on any atom is 0.407 e. The van der Waals surface area contributed by atoms with E-state index >= 15 is 0 Å². The molecule has 1 saturated heterocycles. The Bertz CT molecular complexity index is 534. The van der Waals surface area contributed by atoms with E-state index in [1.54, 1.807) is 0 Å². The summed E-state index contributed by atoms with van der Waals surface area (Å²) in [5.74, 6) is 0. The average Bonchev–Trinajstić information content (AvgIpc) is 2.47. The van der Waals surface area contributed by atoms with Gasteiger partial charge in [0, 0.05) is 11.6 Å². The number of alkyl carbamates (subject to hydrolysis) is 1. The number of rotatable bonds is 4. The predicted octanol–water partition coefficient (Wildman–Crippen LogP) is 3.78. The standard InChI is InChI=1S/C18H27ClN2O2/c1-17(2,3)23-16(22)21-13-18(8-10-20-11-9-18)12-14-6-4-5-7-15(14)19/h4-7,20H,8-13H2,1-3H3,(H,21,22). The number of hydrogen-bond acceptors (Lipinski definition) is 3. The lowest BCUT2D eigenvalue weighted by Gasteiger charge is -2.38. The van der Waals surface area contributed by atoms with Crippen LogP contribution in [-0.2, 0) is 11.2 Å². The molecule has 23 heavy (non-hydrogen) atoms. The van der Waals surface area contributed by atoms with Gasteiger partial charge in [-0.1, -0.05) is 29.8 Å². The number of benzene rings is 1. The largest absolute Gasteiger partial charge is 0.444 e. The molecule has 1 aromatic carbocycles. The molecule has 0 saturated carbocycles. The van der Waals surface area contributed by atoms with Crippen LogP contribution in [0.3, 0.4) is 0 Å². The molecule has 0 atom stereocenters. The van der Waals surface area contributed by atoms with Crippen LogP contribution in [0, 0.1) is 5.41 Å². The molecule has 0 aliphatic carbocycles. The van der Waals surface area contributed by atoms with Gasteiger partial charge in [-0.25, -0.2) is 4.79 Å². The Kier molecular flexibility index (Phi) is 5.93. The Morgan fingerprint density at radius 3 is 2.57 bits per heavy atom. The highest BCUT2D eigenvalue weighted by atomic mass is 35.5. The van der Waals surface area contributed by atoms with E-state index in [4.69, 9.17) is 16.3 Å². The minimum absolute atomic E-state index is 0.0210. The van der Waals surface area contributed by atoms with Gasteiger partial charge < -0.3 is 15.4 Å². The van der Waals surface area contributed by atoms with Crippen LogP contribution in [0.4, 0.5) is 4.79 Å². The first kappa shape index (κ1) is 18.1. The van der Waals surface area contributed by atoms with Crippen LogP contribution in [0.25, 0.3) is 0 Å². The van der Waals surface area contributed by atoms with Crippen molar-refractivity contribution in [2.75, 3.05) is 19.6 Å². The summed E-state index contributed by atoms with van der Waals surface area (Å²) in [5, 5.41) is 7.14. The summed E-state index contributed by atoms with van der Waals surface area (Å²) in [7, 11) is 0. The van der Waals surface area contributed by atoms with Crippen molar-refractivity contribution < 1.29 is 9.53 Å². The summed E-state index contributed by atoms with van der Waals surface area (Å²) in [4.78, 5) is 12.0. The van der Waals surface area contributed by atoms with E-state index < -0.39 is 5.60 Å². The van der Waals surface area contributed by atoms with Gasteiger partial charge in [0.1, 0.15) is 5.60 Å². The molecule has 5 heteroatoms. The SMILES string of the molecule is CC(C)(C)OC(=O)NCC1(Cc2ccccc2Cl)CCNCC1. The number of amides is 1. The fourth-order valence-electron chi connectivity index (χ4n) is 2.99. The molecule has 1 aromatic rings. The van der Waals surface area contributed by atoms with Gasteiger partial charge in [-0.2, -0.15) is 0 Å². The van der Waals surface area contributed by atoms with Gasteiger partial charge in [0.15, 0.2) is 0 Å². The second kappa shape index (κ2) is 7.54. The van der Waals surface area contributed by atoms with Crippen molar-refractivity contribution in [3.8, 4) is 0 Å². The lowest BCUT2D eigenvalue weighted by molar-refractivity contribution is 0.0485. The van der Waals surface area contributed by atoms with Crippen LogP contribution in [-0.4, -0.2) is 31.3 Å². The quantitative estimate of drug-likeness (QED) is 0.878. The molecule has 0 aromatic heterocycles. The van der Waals surface area contributed by atoms with E-state index in [1.807, 2.05) is 39.0 Å². The first-order chi connectivity index (χ1) is 10.8. The first-order valence-corrected chi connectivity index (χ1v) is 8.59. The third-order valence-electron chi connectivity index (χ3n) is 4.19. The highest BCUT2D eigenvalue weighted by Gasteiger charge is 2.33. The van der Waals surface area contributed by atoms with Gasteiger partial charge >= 0.3 is 6.09 Å². The molecule has 1 aliphatic rings. The van der Waals surface area contributed by atoms with E-state index in [0.29, 0.717) is 6.54 Å². The van der Waals surface area contributed by atoms with Crippen LogP contribution < -0.4 is 10.6 Å². The van der Waals surface area contributed by atoms with Gasteiger partial charge in [-0.3, -0.25) is 0 Å². The van der Waals surface area contributed by atoms with Crippen molar-refractivity contribution in [2.45, 2.75) is 45.6 Å². The molecule has 1 heterocycles. The Hall–Kier alpha value is -1.26. The zero-order valence-electron chi connectivity index (χ0n) is 14.2. The van der Waals surface area contributed by atoms with Crippen molar-refractivity contribution >= 4 is 17.7 Å². The molecule has 2 rings (SSSR count). The molecule has 1 amide bonds. The van der Waals surface area contributed by atoms with E-state index in [9.17, 15) is 4.79 Å². The molecule has 0 radical (unpaired) electrons. The van der Waals surface area contributed by atoms with E-state index in [2.05, 4.69) is 16.7 Å². The molecule has 0 bridgehead atoms. The minimum atomic E-state index is -0.478. The van der Waals surface area contributed by atoms with Gasteiger partial charge in [-0.05, 0) is 70.2 Å². The zero-order valence-corrected chi connectivity index (χ0v) is 15.0. The van der Waals surface area contributed by atoms with Crippen LogP contribution in [0.15, 0.2) is 24.3 Å². The third-order valence-corrected chi connectivity index (χ3v) is 4.56. The van der Waals surface area contributed by atoms with Crippen molar-refractivity contribution in [1.82, 2.24) is 10.6 Å². The van der Waals surface area contributed by atoms with Gasteiger partial charge in [0.2, 0.25) is 0 Å². The molecule has 4 nitrogen and oxygen atoms in total. The van der Waals surface area contributed by atoms with Crippen molar-refractivity contribution in [3.63, 3.8) is 0 Å². The first-order valence-electron chi connectivity index (χ1n) is 8.21. The second-order valence-corrected chi connectivity index (χ2v) is 7.78. The van der Waals surface area contributed by atoms with Crippen molar-refractivity contribution in [1.29, 1.82) is 0 Å². The number of piperidine rings is 1. The molecule has 0 unspecified atom stereocenters. The number of nitrogens with one attached hydrogen (secondary N) is 2. The van der Waals surface area contributed by atoms with Crippen molar-refractivity contribution in [2.24, 2.45) is 5.41 Å². The third kappa shape index (κ3) is 5.70. The van der Waals surface area contributed by atoms with E-state index in [1.165, 1.54) is 0 Å². The fourth-order valence-corrected chi connectivity index (χ4v) is 3.20. The summed E-state index contributed by atoms with van der Waals surface area (Å²) >= 11 is 6.33. The molecule has 1 aliphatic heterocycles. The van der Waals surface area contributed by atoms with Crippen LogP contribution in [0.2, 0.25) is 5.02 Å². The molecular weight excluding hydrogens is 312 g/mol. The minimum Gasteiger partial charge on any atom is -0.444 e. The Morgan fingerprint density at radius 1 is 1.30 bits per heavy atom. The van der Waals surface area contributed by atoms with Crippen molar-refractivity contribution in [3.05, 3.63) is 34.9 Å². The summed E-state index contributed by atoms with van der Waals surface area (Å²) < 4.78 is 5.36. The van der Waals surface area contributed by atoms with E-state index in [0.717, 1.165) is 42.9 Å². The van der Waals surface area contributed by atoms with Crippen LogP contribution >= 0.6 is 11.6 Å². The average molecular weight is 339 g/mol. The number of carbonyl (C=O) groups excluding carboxylic acids is 1. The maximum absolute atomic E-state index is 12.0. The van der Waals surface area contributed by atoms with Crippen LogP contribution in [0.5, 0.6) is 0 Å². The molecule has 1 fully saturated rings. The molecular formula is C18H27ClN2O2. The molecule has 128 valence electrons. The van der Waals surface area contributed by atoms with Gasteiger partial charge in [-0.15, -0.1) is 0 Å². The highest BCUT2D eigenvalue weighted by molar-refractivity contribution is 6.31. The number of halogens is 1. The van der Waals surface area contributed by atoms with Gasteiger partial charge in [0.05, 0.1) is 0 Å². The number of ether oxygens (including phenoxy) is 1. The summed E-state index contributed by atoms with van der Waals surface area (Å²) in [5.41, 5.74) is 0.684. The maximum atomic E-state index is 12.0. The Balaban J connectivity index is 2.04. The zero-order chi connectivity index (χ0) is 16.9.